The number of esters is 1. The Kier molecular flexibility index (Phi) is 52.6. The molecule has 13 rings (SSSR count). The number of methoxy groups -OCH3 is 1. The number of aliphatic hydroxyl groups excluding tert-OH is 3. The van der Waals surface area contributed by atoms with Crippen molar-refractivity contribution in [3.63, 3.8) is 0 Å². The number of aliphatic hydroxyl groups is 3. The normalized spacial score (nSPS) is 13.9. The summed E-state index contributed by atoms with van der Waals surface area (Å²) in [6, 6.07) is 25.6. The number of amides is 3. The smallest absolute Gasteiger partial charge is 1.00 e. The maximum Gasteiger partial charge on any atom is 1.00 e. The van der Waals surface area contributed by atoms with Gasteiger partial charge in [-0.05, 0) is 196 Å². The minimum Gasteiger partial charge on any atom is -1.00 e. The third-order valence-corrected chi connectivity index (χ3v) is 28.0. The predicted molar refractivity (Wildman–Crippen MR) is 496 cm³/mol. The van der Waals surface area contributed by atoms with Crippen LogP contribution in [-0.4, -0.2) is 190 Å². The number of carbonyl (C=O) groups excluding carboxylic acids is 4. The number of nitrogens with zero attached hydrogens (tertiary/aromatic N) is 2. The summed E-state index contributed by atoms with van der Waals surface area (Å²) in [5.74, 6) is -23.6. The van der Waals surface area contributed by atoms with Crippen molar-refractivity contribution in [2.45, 2.75) is 116 Å². The number of benzene rings is 9. The van der Waals surface area contributed by atoms with Crippen molar-refractivity contribution in [1.82, 2.24) is 8.61 Å². The van der Waals surface area contributed by atoms with Gasteiger partial charge in [0.1, 0.15) is 0 Å². The summed E-state index contributed by atoms with van der Waals surface area (Å²) < 4.78 is 290. The van der Waals surface area contributed by atoms with E-state index in [4.69, 9.17) is 60.1 Å². The first-order valence-corrected chi connectivity index (χ1v) is 51.0. The van der Waals surface area contributed by atoms with E-state index in [1.807, 2.05) is 0 Å². The average molecular weight is 2370 g/mol. The molecule has 56 heteroatoms. The molecule has 0 bridgehead atoms. The number of hydrogen-bond acceptors (Lipinski definition) is 22. The number of nitrogens with two attached hydrogens (primary N) is 1. The van der Waals surface area contributed by atoms with Gasteiger partial charge in [0.2, 0.25) is 20.0 Å². The molecule has 9 aromatic carbocycles. The van der Waals surface area contributed by atoms with Crippen LogP contribution in [0.5, 0.6) is 0 Å². The molecule has 138 heavy (non-hydrogen) atoms. The number of aromatic carboxylic acids is 2. The number of sulfonamides is 2. The van der Waals surface area contributed by atoms with Crippen molar-refractivity contribution in [1.29, 1.82) is 0 Å². The molecular weight excluding hydrogens is 2280 g/mol. The van der Waals surface area contributed by atoms with Gasteiger partial charge in [-0.2, -0.15) is 17.0 Å². The molecule has 30 nitrogen and oxygen atoms in total. The molecule has 3 amide bonds. The molecular formula is C82H80BBr4Cl3F12LiN6O24S5. The Labute approximate surface area is 845 Å². The number of rotatable bonds is 15. The van der Waals surface area contributed by atoms with E-state index in [9.17, 15) is 125 Å². The second-order valence-electron chi connectivity index (χ2n) is 27.8. The molecule has 4 fully saturated rings. The van der Waals surface area contributed by atoms with Crippen LogP contribution in [-0.2, 0) is 57.0 Å². The Balaban J connectivity index is 0.000000830. The molecule has 9 aromatic rings. The first kappa shape index (κ1) is 126. The van der Waals surface area contributed by atoms with Gasteiger partial charge in [0, 0.05) is 186 Å². The van der Waals surface area contributed by atoms with Crippen molar-refractivity contribution in [3.8, 4) is 0 Å². The maximum absolute atomic E-state index is 13.4. The minimum atomic E-state index is -4.25. The fourth-order valence-corrected chi connectivity index (χ4v) is 19.9. The zero-order valence-electron chi connectivity index (χ0n) is 71.4. The molecule has 1 saturated carbocycles. The average Bonchev–Trinajstić information content (AvgIpc) is 1.31. The molecule has 3 aliphatic heterocycles. The number of hydrogen-bond donors (Lipinski definition) is 10. The number of carboxylic acid groups (broad SMARTS) is 2. The number of piperidine rings is 2. The molecule has 0 spiro atoms. The molecule has 3 radical (unpaired) electrons. The molecule has 0 aromatic heterocycles. The summed E-state index contributed by atoms with van der Waals surface area (Å²) in [6.07, 6.45) is 8.29. The molecule has 749 valence electrons. The van der Waals surface area contributed by atoms with Gasteiger partial charge in [-0.3, -0.25) is 18.9 Å². The number of halogens is 19. The van der Waals surface area contributed by atoms with Crippen LogP contribution < -0.4 is 40.5 Å². The van der Waals surface area contributed by atoms with Crippen molar-refractivity contribution < 1.29 is 183 Å². The summed E-state index contributed by atoms with van der Waals surface area (Å²) in [5, 5.41) is 51.7. The molecule has 1 aliphatic carbocycles. The van der Waals surface area contributed by atoms with E-state index in [2.05, 4.69) is 95.1 Å². The standard InChI is InChI=1S/C20H19F3N2O6S.C18H16BrF3N2O4S.C13H6BrClF3NO3S.C7H4BrClO4S.C7H5BrO2.C6H4F3N.C6H12O.C4H8O.CH4.B.ClHO3S.Li.H/c1-31-20(28)14-3-2-11(19(27)24-12-9-15(21)18(23)16(22)10-12)8-17(14)32(29,30)25-6-4-13(26)5-7-25;19-13-2-1-10(18(26)23-11-8-14(20)17(22)15(21)9-11)7-16(13)29(27,28)24-5-3-12(25)4-6-24;14-8-2-1-6(3-11(8)23(15,21)22)13(20)19-7-4-9(16)12(18)10(17)5-7;8-5-2-1-4(7(10)11)3-6(5)14(9,12)13;8-6-3-1-5(2-4-6)7(9)10;7-4-1-3(10)2-5(8)6(4)9;7-6-4-2-1-3-5-6;1-2-4-5-3-1;;;1-5(2,3)4;;/h2-3,8-10,13,26H,4-7H2,1H3,(H,24,27);1-2,7-9,12,25H,3-6H2,(H,23,26);1-5H,(H,19,20);1-3H,(H,10,11);1-4H,(H,9,10);1-2H,10H2;6-7H,1-5H2;1-4H2;1H4;;(H,2,3,4);;/q;;;;;;;;;;;+1;-1. The summed E-state index contributed by atoms with van der Waals surface area (Å²) in [5.41, 5.74) is 3.24. The Hall–Kier alpha value is -8.32. The van der Waals surface area contributed by atoms with Crippen LogP contribution in [0.2, 0.25) is 0 Å². The summed E-state index contributed by atoms with van der Waals surface area (Å²) in [6.45, 7) is 2.30. The Bertz CT molecular complexity index is 6310. The largest absolute Gasteiger partial charge is 1.00 e. The van der Waals surface area contributed by atoms with Crippen LogP contribution in [0.15, 0.2) is 183 Å². The van der Waals surface area contributed by atoms with Crippen LogP contribution in [0.4, 0.5) is 75.4 Å². The SMILES string of the molecule is C.C1CCOC1.COC(=O)c1ccc(C(=O)Nc2cc(F)c(F)c(F)c2)cc1S(=O)(=O)N1CCC(O)CC1.Nc1cc(F)c(F)c(F)c1.O=C(Nc1cc(F)c(F)c(F)c1)c1ccc(Br)c(S(=O)(=O)Cl)c1.O=C(Nc1cc(F)c(F)c(F)c1)c1ccc(Br)c(S(=O)(=O)N2CCC(O)CC2)c1.O=C(O)c1ccc(Br)c(S(=O)(=O)Cl)c1.O=C(O)c1ccc(Br)cc1.O=S(=O)(O)Cl.OC1CCCCC1.[B].[H-].[Li+]. The number of nitrogens with one attached hydrogen (secondary N) is 3. The second kappa shape index (κ2) is 57.7. The van der Waals surface area contributed by atoms with Crippen molar-refractivity contribution in [2.24, 2.45) is 0 Å². The maximum atomic E-state index is 13.4. The Morgan fingerprint density at radius 3 is 0.971 bits per heavy atom. The van der Waals surface area contributed by atoms with Crippen LogP contribution in [0, 0.1) is 69.8 Å². The Morgan fingerprint density at radius 1 is 0.413 bits per heavy atom. The second-order valence-corrected chi connectivity index (χ2v) is 42.2. The van der Waals surface area contributed by atoms with E-state index < -0.39 is 176 Å². The third kappa shape index (κ3) is 40.6. The minimum absolute atomic E-state index is 0. The van der Waals surface area contributed by atoms with Gasteiger partial charge in [0.15, 0.2) is 69.8 Å². The number of carboxylic acids is 2. The van der Waals surface area contributed by atoms with Gasteiger partial charge in [0.05, 0.1) is 61.7 Å². The fourth-order valence-electron chi connectivity index (χ4n) is 11.3. The predicted octanol–water partition coefficient (Wildman–Crippen LogP) is 15.0. The van der Waals surface area contributed by atoms with Crippen LogP contribution in [0.25, 0.3) is 0 Å². The van der Waals surface area contributed by atoms with Crippen molar-refractivity contribution >= 4 is 210 Å². The van der Waals surface area contributed by atoms with E-state index in [0.29, 0.717) is 54.8 Å². The first-order chi connectivity index (χ1) is 62.7. The summed E-state index contributed by atoms with van der Waals surface area (Å²) >= 11 is 12.3. The van der Waals surface area contributed by atoms with Crippen LogP contribution >= 0.6 is 95.8 Å². The zero-order chi connectivity index (χ0) is 102. The van der Waals surface area contributed by atoms with Crippen LogP contribution in [0.3, 0.4) is 0 Å². The molecule has 0 atom stereocenters. The first-order valence-electron chi connectivity index (χ1n) is 38.0. The van der Waals surface area contributed by atoms with E-state index in [1.54, 1.807) is 24.3 Å². The topological polar surface area (TPSA) is 482 Å². The van der Waals surface area contributed by atoms with E-state index in [0.717, 1.165) is 90.5 Å². The zero-order valence-corrected chi connectivity index (χ0v) is 83.1. The van der Waals surface area contributed by atoms with Gasteiger partial charge in [0.25, 0.3) is 35.8 Å². The van der Waals surface area contributed by atoms with E-state index in [-0.39, 0.29) is 154 Å². The van der Waals surface area contributed by atoms with Crippen LogP contribution in [0.1, 0.15) is 142 Å². The van der Waals surface area contributed by atoms with Gasteiger partial charge in [-0.1, -0.05) is 42.6 Å². The quantitative estimate of drug-likeness (QED) is 0.00866. The van der Waals surface area contributed by atoms with Crippen molar-refractivity contribution in [3.05, 3.63) is 267 Å². The molecule has 3 heterocycles. The molecule has 11 N–H and O–H groups in total. The summed E-state index contributed by atoms with van der Waals surface area (Å²) in [7, 11) is -4.97. The van der Waals surface area contributed by atoms with Crippen molar-refractivity contribution in [2.75, 3.05) is 68.2 Å². The van der Waals surface area contributed by atoms with Gasteiger partial charge in [-0.15, -0.1) is 0 Å². The molecule has 4 aliphatic rings. The number of nitrogen functional groups attached to an aromatic ring is 1. The monoisotopic (exact) mass is 2360 g/mol. The number of anilines is 4. The fraction of sp³-hybridized carbons (Fsp3) is 0.268. The molecule has 3 saturated heterocycles. The number of ether oxygens (including phenoxy) is 2. The van der Waals surface area contributed by atoms with Gasteiger partial charge >= 0.3 is 46.1 Å². The van der Waals surface area contributed by atoms with Gasteiger partial charge in [-0.25, -0.2) is 101 Å². The van der Waals surface area contributed by atoms with E-state index in [1.165, 1.54) is 72.8 Å². The number of carbonyl (C=O) groups is 6. The third-order valence-electron chi connectivity index (χ3n) is 18.0. The Morgan fingerprint density at radius 2 is 0.681 bits per heavy atom. The van der Waals surface area contributed by atoms with Gasteiger partial charge < -0.3 is 58.1 Å². The van der Waals surface area contributed by atoms with E-state index >= 15 is 0 Å². The molecule has 0 unspecified atom stereocenters. The summed E-state index contributed by atoms with van der Waals surface area (Å²) in [4.78, 5) is 68.7.